The molecule has 1 aromatic carbocycles. The summed E-state index contributed by atoms with van der Waals surface area (Å²) in [6.45, 7) is 0. The normalized spacial score (nSPS) is 12.8. The first-order valence-corrected chi connectivity index (χ1v) is 5.65. The molecule has 0 saturated heterocycles. The van der Waals surface area contributed by atoms with E-state index in [9.17, 15) is 4.79 Å². The Morgan fingerprint density at radius 3 is 3.00 bits per heavy atom. The lowest BCUT2D eigenvalue weighted by Gasteiger charge is -2.09. The Balaban J connectivity index is 2.35. The standard InChI is InChI=1S/C12H13ClN2O2/c1-14-11(12(16)17)4-7-6-15-10-3-2-8(13)5-9(7)10/h2-3,5-6,11,14-15H,4H2,1H3,(H,16,17)/t11-/m0/s1. The van der Waals surface area contributed by atoms with Gasteiger partial charge in [-0.2, -0.15) is 0 Å². The smallest absolute Gasteiger partial charge is 0.321 e. The van der Waals surface area contributed by atoms with E-state index in [1.54, 1.807) is 13.1 Å². The summed E-state index contributed by atoms with van der Waals surface area (Å²) in [6.07, 6.45) is 2.25. The van der Waals surface area contributed by atoms with Gasteiger partial charge in [0.25, 0.3) is 0 Å². The van der Waals surface area contributed by atoms with Crippen LogP contribution in [0.3, 0.4) is 0 Å². The predicted octanol–water partition coefficient (Wildman–Crippen LogP) is 2.04. The Labute approximate surface area is 104 Å². The maximum absolute atomic E-state index is 11.0. The highest BCUT2D eigenvalue weighted by Gasteiger charge is 2.17. The van der Waals surface area contributed by atoms with Gasteiger partial charge in [-0.05, 0) is 30.8 Å². The number of nitrogens with one attached hydrogen (secondary N) is 2. The zero-order chi connectivity index (χ0) is 12.4. The number of likely N-dealkylation sites (N-methyl/N-ethyl adjacent to an activating group) is 1. The highest BCUT2D eigenvalue weighted by molar-refractivity contribution is 6.31. The highest BCUT2D eigenvalue weighted by atomic mass is 35.5. The van der Waals surface area contributed by atoms with Gasteiger partial charge in [0.1, 0.15) is 6.04 Å². The first-order chi connectivity index (χ1) is 8.11. The number of hydrogen-bond donors (Lipinski definition) is 3. The van der Waals surface area contributed by atoms with E-state index in [0.29, 0.717) is 11.4 Å². The quantitative estimate of drug-likeness (QED) is 0.780. The summed E-state index contributed by atoms with van der Waals surface area (Å²) in [4.78, 5) is 14.1. The molecule has 17 heavy (non-hydrogen) atoms. The van der Waals surface area contributed by atoms with E-state index in [1.165, 1.54) is 0 Å². The molecule has 5 heteroatoms. The van der Waals surface area contributed by atoms with E-state index >= 15 is 0 Å². The van der Waals surface area contributed by atoms with Gasteiger partial charge in [-0.25, -0.2) is 0 Å². The summed E-state index contributed by atoms with van der Waals surface area (Å²) in [5, 5.41) is 13.4. The number of aromatic amines is 1. The van der Waals surface area contributed by atoms with E-state index in [-0.39, 0.29) is 0 Å². The fourth-order valence-electron chi connectivity index (χ4n) is 1.85. The number of hydrogen-bond acceptors (Lipinski definition) is 2. The van der Waals surface area contributed by atoms with Crippen molar-refractivity contribution in [2.45, 2.75) is 12.5 Å². The van der Waals surface area contributed by atoms with Crippen LogP contribution in [-0.2, 0) is 11.2 Å². The molecule has 2 rings (SSSR count). The van der Waals surface area contributed by atoms with Crippen LogP contribution in [0.1, 0.15) is 5.56 Å². The largest absolute Gasteiger partial charge is 0.480 e. The van der Waals surface area contributed by atoms with Gasteiger partial charge in [0.15, 0.2) is 0 Å². The number of carboxylic acids is 1. The third kappa shape index (κ3) is 2.43. The molecule has 1 aromatic heterocycles. The van der Waals surface area contributed by atoms with Gasteiger partial charge in [-0.15, -0.1) is 0 Å². The second kappa shape index (κ2) is 4.77. The number of fused-ring (bicyclic) bond motifs is 1. The van der Waals surface area contributed by atoms with Crippen molar-refractivity contribution in [3.05, 3.63) is 35.0 Å². The molecule has 0 spiro atoms. The molecule has 1 heterocycles. The minimum Gasteiger partial charge on any atom is -0.480 e. The van der Waals surface area contributed by atoms with Crippen molar-refractivity contribution >= 4 is 28.5 Å². The minimum absolute atomic E-state index is 0.423. The van der Waals surface area contributed by atoms with Crippen LogP contribution in [0.15, 0.2) is 24.4 Å². The van der Waals surface area contributed by atoms with Gasteiger partial charge in [-0.1, -0.05) is 11.6 Å². The maximum atomic E-state index is 11.0. The zero-order valence-corrected chi connectivity index (χ0v) is 10.1. The van der Waals surface area contributed by atoms with Crippen LogP contribution in [-0.4, -0.2) is 29.1 Å². The maximum Gasteiger partial charge on any atom is 0.321 e. The summed E-state index contributed by atoms with van der Waals surface area (Å²) < 4.78 is 0. The van der Waals surface area contributed by atoms with Crippen molar-refractivity contribution in [3.8, 4) is 0 Å². The Morgan fingerprint density at radius 1 is 1.59 bits per heavy atom. The van der Waals surface area contributed by atoms with Crippen molar-refractivity contribution in [2.75, 3.05) is 7.05 Å². The number of H-pyrrole nitrogens is 1. The lowest BCUT2D eigenvalue weighted by molar-refractivity contribution is -0.139. The van der Waals surface area contributed by atoms with Crippen molar-refractivity contribution in [1.29, 1.82) is 0 Å². The number of halogens is 1. The molecular weight excluding hydrogens is 240 g/mol. The number of carbonyl (C=O) groups is 1. The van der Waals surface area contributed by atoms with Gasteiger partial charge in [0.05, 0.1) is 0 Å². The molecule has 3 N–H and O–H groups in total. The van der Waals surface area contributed by atoms with Gasteiger partial charge >= 0.3 is 5.97 Å². The summed E-state index contributed by atoms with van der Waals surface area (Å²) in [7, 11) is 1.64. The van der Waals surface area contributed by atoms with Gasteiger partial charge in [-0.3, -0.25) is 4.79 Å². The van der Waals surface area contributed by atoms with E-state index in [0.717, 1.165) is 16.5 Å². The van der Waals surface area contributed by atoms with Crippen molar-refractivity contribution in [2.24, 2.45) is 0 Å². The molecular formula is C12H13ClN2O2. The molecule has 0 aliphatic carbocycles. The Bertz CT molecular complexity index is 550. The summed E-state index contributed by atoms with van der Waals surface area (Å²) in [5.74, 6) is -0.858. The van der Waals surface area contributed by atoms with Crippen LogP contribution in [0.2, 0.25) is 5.02 Å². The first-order valence-electron chi connectivity index (χ1n) is 5.27. The topological polar surface area (TPSA) is 65.1 Å². The average molecular weight is 253 g/mol. The summed E-state index contributed by atoms with van der Waals surface area (Å²) in [6, 6.07) is 4.94. The number of benzene rings is 1. The van der Waals surface area contributed by atoms with Crippen LogP contribution >= 0.6 is 11.6 Å². The van der Waals surface area contributed by atoms with E-state index < -0.39 is 12.0 Å². The Kier molecular flexibility index (Phi) is 3.36. The molecule has 0 aliphatic heterocycles. The monoisotopic (exact) mass is 252 g/mol. The molecule has 4 nitrogen and oxygen atoms in total. The minimum atomic E-state index is -0.858. The highest BCUT2D eigenvalue weighted by Crippen LogP contribution is 2.23. The third-order valence-electron chi connectivity index (χ3n) is 2.80. The molecule has 0 saturated carbocycles. The van der Waals surface area contributed by atoms with E-state index in [1.807, 2.05) is 18.3 Å². The molecule has 0 unspecified atom stereocenters. The van der Waals surface area contributed by atoms with Crippen LogP contribution in [0.5, 0.6) is 0 Å². The molecule has 0 fully saturated rings. The molecule has 1 atom stereocenters. The van der Waals surface area contributed by atoms with Gasteiger partial charge in [0.2, 0.25) is 0 Å². The number of rotatable bonds is 4. The SMILES string of the molecule is CN[C@@H](Cc1c[nH]c2ccc(Cl)cc12)C(=O)O. The van der Waals surface area contributed by atoms with Crippen molar-refractivity contribution in [3.63, 3.8) is 0 Å². The Morgan fingerprint density at radius 2 is 2.35 bits per heavy atom. The molecule has 0 bridgehead atoms. The van der Waals surface area contributed by atoms with E-state index in [2.05, 4.69) is 10.3 Å². The van der Waals surface area contributed by atoms with Crippen LogP contribution in [0, 0.1) is 0 Å². The molecule has 90 valence electrons. The van der Waals surface area contributed by atoms with Crippen molar-refractivity contribution < 1.29 is 9.90 Å². The molecule has 2 aromatic rings. The molecule has 0 radical (unpaired) electrons. The van der Waals surface area contributed by atoms with Crippen molar-refractivity contribution in [1.82, 2.24) is 10.3 Å². The second-order valence-electron chi connectivity index (χ2n) is 3.89. The zero-order valence-electron chi connectivity index (χ0n) is 9.33. The summed E-state index contributed by atoms with van der Waals surface area (Å²) >= 11 is 5.93. The third-order valence-corrected chi connectivity index (χ3v) is 3.04. The van der Waals surface area contributed by atoms with E-state index in [4.69, 9.17) is 16.7 Å². The molecule has 0 aliphatic rings. The first kappa shape index (κ1) is 12.0. The number of carboxylic acid groups (broad SMARTS) is 1. The van der Waals surface area contributed by atoms with Gasteiger partial charge < -0.3 is 15.4 Å². The fraction of sp³-hybridized carbons (Fsp3) is 0.250. The second-order valence-corrected chi connectivity index (χ2v) is 4.32. The summed E-state index contributed by atoms with van der Waals surface area (Å²) in [5.41, 5.74) is 1.91. The predicted molar refractivity (Wildman–Crippen MR) is 67.5 cm³/mol. The number of aliphatic carboxylic acids is 1. The molecule has 0 amide bonds. The fourth-order valence-corrected chi connectivity index (χ4v) is 2.02. The lowest BCUT2D eigenvalue weighted by Crippen LogP contribution is -2.35. The number of aromatic nitrogens is 1. The lowest BCUT2D eigenvalue weighted by atomic mass is 10.1. The van der Waals surface area contributed by atoms with Crippen LogP contribution < -0.4 is 5.32 Å². The Hall–Kier alpha value is -1.52. The van der Waals surface area contributed by atoms with Crippen LogP contribution in [0.25, 0.3) is 10.9 Å². The van der Waals surface area contributed by atoms with Gasteiger partial charge in [0, 0.05) is 28.5 Å². The average Bonchev–Trinajstić information content (AvgIpc) is 2.68. The van der Waals surface area contributed by atoms with Crippen LogP contribution in [0.4, 0.5) is 0 Å².